The van der Waals surface area contributed by atoms with Crippen LogP contribution in [0.1, 0.15) is 137 Å². The molecule has 111 heavy (non-hydrogen) atoms. The van der Waals surface area contributed by atoms with Crippen molar-refractivity contribution in [1.29, 1.82) is 0 Å². The van der Waals surface area contributed by atoms with E-state index >= 15 is 0 Å². The van der Waals surface area contributed by atoms with E-state index < -0.39 is 11.2 Å². The average Bonchev–Trinajstić information content (AvgIpc) is 1.64. The minimum absolute atomic E-state index is 0.120. The lowest BCUT2D eigenvalue weighted by molar-refractivity contribution is -0.123. The lowest BCUT2D eigenvalue weighted by Crippen LogP contribution is -2.50. The molecule has 1 N–H and O–H groups in total. The van der Waals surface area contributed by atoms with Gasteiger partial charge in [-0.15, -0.1) is 0 Å². The van der Waals surface area contributed by atoms with Crippen molar-refractivity contribution in [2.24, 2.45) is 11.8 Å². The number of amides is 3. The minimum atomic E-state index is -0.510. The molecule has 14 rings (SSSR count). The summed E-state index contributed by atoms with van der Waals surface area (Å²) < 4.78 is 30.5. The second kappa shape index (κ2) is 38.9. The molecule has 6 aliphatic heterocycles. The Labute approximate surface area is 658 Å². The van der Waals surface area contributed by atoms with Gasteiger partial charge >= 0.3 is 12.2 Å². The zero-order chi connectivity index (χ0) is 77.9. The standard InChI is InChI=1S/C34H52N6O4.C28H33N5O.C26H38N4O3/c1-34(2,3)44-33(42)40-20-12-26(13-21-40)28(25-30(41)35-15-22-37-16-5-6-17-37)38-18-8-19-39(24-23-38)32-29(43-4)11-10-27-9-7-14-36-31(27)32;1-3-9-25(24-15-19-33(30-24)23-11-5-4-6-12-23)31-17-8-18-32(21-20-31)28-26(34-2)14-13-22-10-7-16-29-27(22)28;1-26(2,3)33-25(31)30-14-6-8-20(19-30)18-28-13-7-15-29(17-16-28)24-22(32-4)11-10-21-9-5-12-27-23(21)24/h7,9-11,14,26,28H,5-6,8,12-13,15-25H2,1-4H3,(H,35,41);4-7,10-16,19,25H,3,8-9,17-18,20-21H2,1-2H3;5,9-12,20H,6-8,13-19H2,1-4H3. The van der Waals surface area contributed by atoms with Gasteiger partial charge in [-0.1, -0.05) is 49.7 Å². The third-order valence-corrected chi connectivity index (χ3v) is 22.6. The fourth-order valence-corrected chi connectivity index (χ4v) is 17.2. The largest absolute Gasteiger partial charge is 0.494 e. The summed E-state index contributed by atoms with van der Waals surface area (Å²) in [6, 6.07) is 37.6. The molecule has 0 radical (unpaired) electrons. The molecule has 0 aliphatic carbocycles. The number of likely N-dealkylation sites (tertiary alicyclic amines) is 3. The minimum Gasteiger partial charge on any atom is -0.494 e. The molecule has 598 valence electrons. The molecule has 4 aromatic heterocycles. The number of methoxy groups -OCH3 is 3. The van der Waals surface area contributed by atoms with Gasteiger partial charge in [-0.3, -0.25) is 29.5 Å². The highest BCUT2D eigenvalue weighted by Crippen LogP contribution is 2.40. The maximum atomic E-state index is 13.4. The number of carbonyl (C=O) groups excluding carboxylic acids is 3. The van der Waals surface area contributed by atoms with Crippen LogP contribution in [-0.4, -0.2) is 248 Å². The summed E-state index contributed by atoms with van der Waals surface area (Å²) >= 11 is 0. The van der Waals surface area contributed by atoms with Gasteiger partial charge in [0.2, 0.25) is 5.91 Å². The van der Waals surface area contributed by atoms with Gasteiger partial charge in [-0.2, -0.15) is 5.10 Å². The van der Waals surface area contributed by atoms with Gasteiger partial charge in [0.05, 0.1) is 55.3 Å². The highest BCUT2D eigenvalue weighted by molar-refractivity contribution is 5.96. The first kappa shape index (κ1) is 81.5. The highest BCUT2D eigenvalue weighted by Gasteiger charge is 2.37. The van der Waals surface area contributed by atoms with Crippen LogP contribution in [0.25, 0.3) is 38.4 Å². The van der Waals surface area contributed by atoms with Crippen molar-refractivity contribution in [3.8, 4) is 22.9 Å². The number of aromatic nitrogens is 5. The molecule has 4 aromatic carbocycles. The van der Waals surface area contributed by atoms with Crippen molar-refractivity contribution in [1.82, 2.24) is 59.4 Å². The van der Waals surface area contributed by atoms with E-state index in [-0.39, 0.29) is 24.1 Å². The first-order valence-electron chi connectivity index (χ1n) is 41.1. The summed E-state index contributed by atoms with van der Waals surface area (Å²) in [5.74, 6) is 3.57. The maximum absolute atomic E-state index is 13.4. The molecule has 3 amide bonds. The topological polar surface area (TPSA) is 195 Å². The van der Waals surface area contributed by atoms with Crippen LogP contribution in [0.15, 0.2) is 134 Å². The number of rotatable bonds is 20. The Morgan fingerprint density at radius 2 is 1.00 bits per heavy atom. The lowest BCUT2D eigenvalue weighted by Gasteiger charge is -2.41. The normalized spacial score (nSPS) is 18.9. The Morgan fingerprint density at radius 3 is 1.53 bits per heavy atom. The zero-order valence-corrected chi connectivity index (χ0v) is 67.9. The van der Waals surface area contributed by atoms with Crippen molar-refractivity contribution in [3.05, 3.63) is 140 Å². The van der Waals surface area contributed by atoms with E-state index in [4.69, 9.17) is 38.8 Å². The van der Waals surface area contributed by atoms with Crippen LogP contribution in [0.3, 0.4) is 0 Å². The monoisotopic (exact) mass is 1520 g/mol. The molecular weight excluding hydrogens is 1400 g/mol. The van der Waals surface area contributed by atoms with Crippen molar-refractivity contribution in [2.45, 2.75) is 149 Å². The van der Waals surface area contributed by atoms with Crippen LogP contribution in [-0.2, 0) is 14.3 Å². The number of hydrogen-bond donors (Lipinski definition) is 1. The number of anilines is 3. The summed E-state index contributed by atoms with van der Waals surface area (Å²) in [4.78, 5) is 74.0. The molecule has 0 saturated carbocycles. The quantitative estimate of drug-likeness (QED) is 0.0756. The van der Waals surface area contributed by atoms with E-state index in [2.05, 4.69) is 137 Å². The van der Waals surface area contributed by atoms with Crippen LogP contribution in [0.4, 0.5) is 26.7 Å². The molecule has 23 nitrogen and oxygen atoms in total. The Hall–Kier alpha value is -9.03. The molecule has 10 heterocycles. The van der Waals surface area contributed by atoms with Gasteiger partial charge in [0.15, 0.2) is 0 Å². The first-order valence-corrected chi connectivity index (χ1v) is 41.1. The molecule has 3 atom stereocenters. The lowest BCUT2D eigenvalue weighted by atomic mass is 9.86. The van der Waals surface area contributed by atoms with E-state index in [1.807, 2.05) is 105 Å². The molecule has 0 spiro atoms. The SMILES string of the molecule is CCCC(c1ccn(-c2ccccc2)n1)N1CCCN(c2c(OC)ccc3cccnc23)CC1.COc1ccc2cccnc2c1N1CCCN(C(CC(=O)NCCN2CCCC2)C2CCN(C(=O)OC(C)(C)C)CC2)CC1.COc1ccc2cccnc2c1N1CCCN(CC2CCCN(C(=O)OC(C)(C)C)C2)CC1. The predicted octanol–water partition coefficient (Wildman–Crippen LogP) is 14.3. The predicted molar refractivity (Wildman–Crippen MR) is 444 cm³/mol. The van der Waals surface area contributed by atoms with E-state index in [1.165, 1.54) is 19.3 Å². The second-order valence-corrected chi connectivity index (χ2v) is 32.7. The van der Waals surface area contributed by atoms with Crippen LogP contribution < -0.4 is 34.2 Å². The number of piperidine rings is 2. The zero-order valence-electron chi connectivity index (χ0n) is 67.9. The number of fused-ring (bicyclic) bond motifs is 3. The third kappa shape index (κ3) is 21.8. The number of pyridine rings is 3. The fourth-order valence-electron chi connectivity index (χ4n) is 17.2. The summed E-state index contributed by atoms with van der Waals surface area (Å²) in [5.41, 5.74) is 7.55. The van der Waals surface area contributed by atoms with E-state index in [1.54, 1.807) is 21.3 Å². The Morgan fingerprint density at radius 1 is 0.495 bits per heavy atom. The highest BCUT2D eigenvalue weighted by atomic mass is 16.6. The van der Waals surface area contributed by atoms with E-state index in [9.17, 15) is 14.4 Å². The second-order valence-electron chi connectivity index (χ2n) is 32.7. The van der Waals surface area contributed by atoms with Crippen molar-refractivity contribution >= 4 is 67.9 Å². The molecular formula is C88H123N15O8. The number of carbonyl (C=O) groups is 3. The van der Waals surface area contributed by atoms with Gasteiger partial charge in [0, 0.05) is 171 Å². The molecule has 23 heteroatoms. The number of nitrogens with one attached hydrogen (secondary N) is 1. The van der Waals surface area contributed by atoms with Crippen LogP contribution in [0.5, 0.6) is 17.2 Å². The first-order chi connectivity index (χ1) is 53.8. The summed E-state index contributed by atoms with van der Waals surface area (Å²) in [6.07, 6.45) is 19.6. The Balaban J connectivity index is 0.000000157. The van der Waals surface area contributed by atoms with E-state index in [0.29, 0.717) is 43.9 Å². The number of benzene rings is 4. The molecule has 6 saturated heterocycles. The number of nitrogens with zero attached hydrogens (tertiary/aromatic N) is 14. The van der Waals surface area contributed by atoms with Crippen molar-refractivity contribution in [2.75, 3.05) is 173 Å². The average molecular weight is 1520 g/mol. The van der Waals surface area contributed by atoms with Gasteiger partial charge in [-0.05, 0) is 210 Å². The number of ether oxygens (including phenoxy) is 5. The maximum Gasteiger partial charge on any atom is 0.410 e. The third-order valence-electron chi connectivity index (χ3n) is 22.6. The molecule has 6 aliphatic rings. The summed E-state index contributed by atoms with van der Waals surface area (Å²) in [7, 11) is 5.20. The number of para-hydroxylation sites is 1. The molecule has 3 unspecified atom stereocenters. The van der Waals surface area contributed by atoms with Crippen LogP contribution in [0.2, 0.25) is 0 Å². The van der Waals surface area contributed by atoms with Crippen molar-refractivity contribution < 1.29 is 38.1 Å². The molecule has 0 bridgehead atoms. The summed E-state index contributed by atoms with van der Waals surface area (Å²) in [6.45, 7) is 33.0. The number of hydrogen-bond acceptors (Lipinski definition) is 19. The summed E-state index contributed by atoms with van der Waals surface area (Å²) in [5, 5.41) is 11.6. The van der Waals surface area contributed by atoms with Crippen LogP contribution in [0, 0.1) is 11.8 Å². The van der Waals surface area contributed by atoms with Gasteiger partial charge in [-0.25, -0.2) is 14.3 Å². The Bertz CT molecular complexity index is 4290. The van der Waals surface area contributed by atoms with Gasteiger partial charge in [0.25, 0.3) is 0 Å². The van der Waals surface area contributed by atoms with Crippen LogP contribution >= 0.6 is 0 Å². The van der Waals surface area contributed by atoms with Gasteiger partial charge in [0.1, 0.15) is 45.5 Å². The molecule has 8 aromatic rings. The fraction of sp³-hybridized carbons (Fsp3) is 0.557. The van der Waals surface area contributed by atoms with E-state index in [0.717, 1.165) is 248 Å². The van der Waals surface area contributed by atoms with Gasteiger partial charge < -0.3 is 63.3 Å². The molecule has 6 fully saturated rings. The Kier molecular flexibility index (Phi) is 28.6. The van der Waals surface area contributed by atoms with Crippen molar-refractivity contribution in [3.63, 3.8) is 0 Å². The smallest absolute Gasteiger partial charge is 0.410 e.